The van der Waals surface area contributed by atoms with Crippen LogP contribution in [0.1, 0.15) is 64.2 Å². The molecule has 0 radical (unpaired) electrons. The second-order valence-corrected chi connectivity index (χ2v) is 7.82. The zero-order valence-corrected chi connectivity index (χ0v) is 14.4. The molecule has 0 amide bonds. The van der Waals surface area contributed by atoms with E-state index in [1.54, 1.807) is 0 Å². The number of hydrogen-bond donors (Lipinski definition) is 0. The summed E-state index contributed by atoms with van der Waals surface area (Å²) in [6, 6.07) is 0. The zero-order chi connectivity index (χ0) is 16.3. The van der Waals surface area contributed by atoms with E-state index in [-0.39, 0.29) is 5.79 Å². The second-order valence-electron chi connectivity index (χ2n) is 7.82. The number of hydrogen-bond acceptors (Lipinski definition) is 3. The van der Waals surface area contributed by atoms with Gasteiger partial charge in [-0.05, 0) is 62.2 Å². The molecule has 1 aliphatic heterocycles. The van der Waals surface area contributed by atoms with Crippen molar-refractivity contribution in [3.63, 3.8) is 0 Å². The molecule has 3 heteroatoms. The molecule has 3 saturated carbocycles. The smallest absolute Gasteiger partial charge is 0.168 e. The molecule has 3 unspecified atom stereocenters. The molecular weight excluding hydrogens is 288 g/mol. The number of ketones is 1. The van der Waals surface area contributed by atoms with Crippen molar-refractivity contribution in [2.45, 2.75) is 70.0 Å². The summed E-state index contributed by atoms with van der Waals surface area (Å²) in [7, 11) is 0. The lowest BCUT2D eigenvalue weighted by molar-refractivity contribution is -0.186. The summed E-state index contributed by atoms with van der Waals surface area (Å²) in [5.74, 6) is 3.66. The summed E-state index contributed by atoms with van der Waals surface area (Å²) in [5, 5.41) is 0. The average molecular weight is 320 g/mol. The van der Waals surface area contributed by atoms with Gasteiger partial charge in [0.2, 0.25) is 0 Å². The van der Waals surface area contributed by atoms with Gasteiger partial charge in [0.25, 0.3) is 0 Å². The van der Waals surface area contributed by atoms with Crippen LogP contribution in [0.4, 0.5) is 0 Å². The van der Waals surface area contributed by atoms with Gasteiger partial charge in [-0.15, -0.1) is 13.2 Å². The summed E-state index contributed by atoms with van der Waals surface area (Å²) in [4.78, 5) is 11.6. The summed E-state index contributed by atoms with van der Waals surface area (Å²) in [6.45, 7) is 7.57. The maximum atomic E-state index is 11.6. The Morgan fingerprint density at radius 3 is 2.13 bits per heavy atom. The van der Waals surface area contributed by atoms with Gasteiger partial charge in [-0.1, -0.05) is 0 Å². The highest BCUT2D eigenvalue weighted by Crippen LogP contribution is 2.48. The minimum Gasteiger partial charge on any atom is -0.348 e. The quantitative estimate of drug-likeness (QED) is 0.667. The van der Waals surface area contributed by atoms with Gasteiger partial charge in [0.05, 0.1) is 13.2 Å². The first-order valence-corrected chi connectivity index (χ1v) is 9.54. The molecule has 0 aromatic heterocycles. The van der Waals surface area contributed by atoms with Gasteiger partial charge >= 0.3 is 0 Å². The summed E-state index contributed by atoms with van der Waals surface area (Å²) < 4.78 is 11.7. The van der Waals surface area contributed by atoms with Crippen molar-refractivity contribution in [1.82, 2.24) is 0 Å². The first kappa shape index (κ1) is 17.2. The fourth-order valence-corrected chi connectivity index (χ4v) is 5.49. The molecule has 3 aliphatic carbocycles. The van der Waals surface area contributed by atoms with E-state index in [4.69, 9.17) is 9.47 Å². The summed E-state index contributed by atoms with van der Waals surface area (Å²) in [6.07, 6.45) is 11.7. The maximum absolute atomic E-state index is 11.6. The number of Topliss-reactive ketones (excluding diaryl/α,β-unsaturated/α-hetero) is 1. The molecule has 1 saturated heterocycles. The SMILES string of the molecule is C=C.O=C1CCC2CC(C3CCC4(CC3)OCCO4)CCC2C1. The first-order valence-electron chi connectivity index (χ1n) is 9.54. The highest BCUT2D eigenvalue weighted by Gasteiger charge is 2.44. The van der Waals surface area contributed by atoms with Gasteiger partial charge in [-0.2, -0.15) is 0 Å². The number of fused-ring (bicyclic) bond motifs is 1. The van der Waals surface area contributed by atoms with E-state index in [2.05, 4.69) is 13.2 Å². The minimum absolute atomic E-state index is 0.203. The van der Waals surface area contributed by atoms with Crippen LogP contribution < -0.4 is 0 Å². The Kier molecular flexibility index (Phi) is 5.58. The lowest BCUT2D eigenvalue weighted by atomic mass is 9.62. The van der Waals surface area contributed by atoms with Crippen LogP contribution in [0.2, 0.25) is 0 Å². The number of carbonyl (C=O) groups excluding carboxylic acids is 1. The van der Waals surface area contributed by atoms with Gasteiger partial charge < -0.3 is 9.47 Å². The van der Waals surface area contributed by atoms with E-state index in [9.17, 15) is 4.79 Å². The van der Waals surface area contributed by atoms with Gasteiger partial charge in [-0.3, -0.25) is 4.79 Å². The molecule has 3 atom stereocenters. The molecule has 0 bridgehead atoms. The maximum Gasteiger partial charge on any atom is 0.168 e. The van der Waals surface area contributed by atoms with E-state index >= 15 is 0 Å². The summed E-state index contributed by atoms with van der Waals surface area (Å²) in [5.41, 5.74) is 0. The van der Waals surface area contributed by atoms with Gasteiger partial charge in [0, 0.05) is 25.7 Å². The molecule has 4 aliphatic rings. The molecule has 4 fully saturated rings. The third kappa shape index (κ3) is 3.71. The largest absolute Gasteiger partial charge is 0.348 e. The molecule has 0 aromatic rings. The highest BCUT2D eigenvalue weighted by molar-refractivity contribution is 5.79. The third-order valence-electron chi connectivity index (χ3n) is 6.74. The monoisotopic (exact) mass is 320 g/mol. The van der Waals surface area contributed by atoms with E-state index in [1.165, 1.54) is 38.5 Å². The van der Waals surface area contributed by atoms with E-state index in [0.29, 0.717) is 5.78 Å². The lowest BCUT2D eigenvalue weighted by Gasteiger charge is -2.44. The molecule has 130 valence electrons. The van der Waals surface area contributed by atoms with Crippen molar-refractivity contribution in [3.05, 3.63) is 13.2 Å². The van der Waals surface area contributed by atoms with Crippen molar-refractivity contribution in [2.24, 2.45) is 23.7 Å². The van der Waals surface area contributed by atoms with Crippen LogP contribution in [0.25, 0.3) is 0 Å². The van der Waals surface area contributed by atoms with E-state index in [0.717, 1.165) is 62.6 Å². The van der Waals surface area contributed by atoms with Crippen LogP contribution in [0.5, 0.6) is 0 Å². The molecule has 1 spiro atoms. The Bertz CT molecular complexity index is 403. The Morgan fingerprint density at radius 1 is 0.826 bits per heavy atom. The second kappa shape index (κ2) is 7.48. The van der Waals surface area contributed by atoms with Crippen molar-refractivity contribution in [1.29, 1.82) is 0 Å². The average Bonchev–Trinajstić information content (AvgIpc) is 3.05. The number of ether oxygens (including phenoxy) is 2. The Morgan fingerprint density at radius 2 is 1.43 bits per heavy atom. The van der Waals surface area contributed by atoms with Crippen LogP contribution in [-0.2, 0) is 14.3 Å². The van der Waals surface area contributed by atoms with E-state index in [1.807, 2.05) is 0 Å². The number of carbonyl (C=O) groups is 1. The van der Waals surface area contributed by atoms with Crippen LogP contribution in [0.3, 0.4) is 0 Å². The zero-order valence-electron chi connectivity index (χ0n) is 14.4. The number of rotatable bonds is 1. The fraction of sp³-hybridized carbons (Fsp3) is 0.850. The van der Waals surface area contributed by atoms with E-state index < -0.39 is 0 Å². The van der Waals surface area contributed by atoms with Crippen LogP contribution in [0.15, 0.2) is 13.2 Å². The Labute approximate surface area is 140 Å². The molecule has 1 heterocycles. The van der Waals surface area contributed by atoms with Crippen LogP contribution in [0, 0.1) is 23.7 Å². The predicted octanol–water partition coefficient (Wildman–Crippen LogP) is 4.51. The van der Waals surface area contributed by atoms with Crippen molar-refractivity contribution < 1.29 is 14.3 Å². The van der Waals surface area contributed by atoms with Crippen molar-refractivity contribution >= 4 is 5.78 Å². The third-order valence-corrected chi connectivity index (χ3v) is 6.74. The topological polar surface area (TPSA) is 35.5 Å². The molecule has 0 N–H and O–H groups in total. The fourth-order valence-electron chi connectivity index (χ4n) is 5.49. The standard InChI is InChI=1S/C18H28O3.C2H4/c19-17-4-3-15-11-14(1-2-16(15)12-17)13-5-7-18(8-6-13)20-9-10-21-18;1-2/h13-16H,1-12H2;1-2H2. The summed E-state index contributed by atoms with van der Waals surface area (Å²) >= 11 is 0. The van der Waals surface area contributed by atoms with Gasteiger partial charge in [0.15, 0.2) is 5.79 Å². The van der Waals surface area contributed by atoms with Crippen LogP contribution >= 0.6 is 0 Å². The lowest BCUT2D eigenvalue weighted by Crippen LogP contribution is -2.39. The predicted molar refractivity (Wildman–Crippen MR) is 91.0 cm³/mol. The van der Waals surface area contributed by atoms with Crippen molar-refractivity contribution in [3.8, 4) is 0 Å². The Hall–Kier alpha value is -0.670. The minimum atomic E-state index is -0.203. The van der Waals surface area contributed by atoms with Gasteiger partial charge in [-0.25, -0.2) is 0 Å². The molecule has 23 heavy (non-hydrogen) atoms. The van der Waals surface area contributed by atoms with Crippen molar-refractivity contribution in [2.75, 3.05) is 13.2 Å². The Balaban J connectivity index is 0.000000753. The van der Waals surface area contributed by atoms with Gasteiger partial charge in [0.1, 0.15) is 5.78 Å². The molecule has 3 nitrogen and oxygen atoms in total. The molecule has 4 rings (SSSR count). The first-order chi connectivity index (χ1) is 11.2. The molecule has 0 aromatic carbocycles. The molecular formula is C20H32O3. The normalized spacial score (nSPS) is 37.0. The highest BCUT2D eigenvalue weighted by atomic mass is 16.7. The van der Waals surface area contributed by atoms with Crippen LogP contribution in [-0.4, -0.2) is 24.8 Å².